The number of esters is 4. The summed E-state index contributed by atoms with van der Waals surface area (Å²) >= 11 is 0. The molecular formula is C40H56N2O16. The van der Waals surface area contributed by atoms with Gasteiger partial charge in [-0.05, 0) is 64.8 Å². The van der Waals surface area contributed by atoms with Gasteiger partial charge in [0.1, 0.15) is 37.9 Å². The molecule has 1 aromatic rings. The molecule has 2 amide bonds. The first-order valence-corrected chi connectivity index (χ1v) is 18.3. The summed E-state index contributed by atoms with van der Waals surface area (Å²) in [4.78, 5) is 71.1. The summed E-state index contributed by atoms with van der Waals surface area (Å²) in [5.41, 5.74) is 0.902. The summed E-state index contributed by atoms with van der Waals surface area (Å²) in [6.45, 7) is 20.4. The molecule has 0 heterocycles. The predicted octanol–water partition coefficient (Wildman–Crippen LogP) is 3.92. The summed E-state index contributed by atoms with van der Waals surface area (Å²) in [5.74, 6) is -1.29. The van der Waals surface area contributed by atoms with Gasteiger partial charge in [0.25, 0.3) is 0 Å². The van der Waals surface area contributed by atoms with Gasteiger partial charge in [0, 0.05) is 35.4 Å². The minimum atomic E-state index is -0.926. The van der Waals surface area contributed by atoms with E-state index in [0.717, 1.165) is 0 Å². The van der Waals surface area contributed by atoms with Crippen LogP contribution in [0.2, 0.25) is 0 Å². The topological polar surface area (TPSA) is 219 Å². The highest BCUT2D eigenvalue weighted by molar-refractivity contribution is 5.88. The van der Waals surface area contributed by atoms with Gasteiger partial charge in [0.05, 0.1) is 39.6 Å². The minimum Gasteiger partial charge on any atom is -0.491 e. The standard InChI is InChI=1S/C40H56N2O16/c1-27(2)35(43)53-17-9-15-41-39(47)57-33(25-55-37(45)29(5)6)23-49-19-21-51-31-11-13-32(14-12-31)52-22-20-50-24-34(26-56-38(46)30(7)8)58-40(48)42-16-10-18-54-36(44)28(3)4/h11-14,33-34H,1,3,5,7,9-10,15-26H2,2,4,6,8H3,(H,41,47)(H,42,48). The maximum atomic E-state index is 12.3. The number of benzene rings is 1. The summed E-state index contributed by atoms with van der Waals surface area (Å²) in [5, 5.41) is 5.06. The van der Waals surface area contributed by atoms with E-state index >= 15 is 0 Å². The summed E-state index contributed by atoms with van der Waals surface area (Å²) < 4.78 is 53.4. The number of alkyl carbamates (subject to hydrolysis) is 2. The molecule has 2 atom stereocenters. The third-order valence-electron chi connectivity index (χ3n) is 6.81. The maximum Gasteiger partial charge on any atom is 0.407 e. The van der Waals surface area contributed by atoms with Crippen LogP contribution >= 0.6 is 0 Å². The number of ether oxygens (including phenoxy) is 10. The Labute approximate surface area is 338 Å². The third-order valence-corrected chi connectivity index (χ3v) is 6.81. The van der Waals surface area contributed by atoms with E-state index in [4.69, 9.17) is 47.4 Å². The lowest BCUT2D eigenvalue weighted by Crippen LogP contribution is -2.35. The van der Waals surface area contributed by atoms with E-state index in [9.17, 15) is 28.8 Å². The maximum absolute atomic E-state index is 12.3. The smallest absolute Gasteiger partial charge is 0.407 e. The van der Waals surface area contributed by atoms with Gasteiger partial charge in [0.2, 0.25) is 0 Å². The first kappa shape index (κ1) is 50.1. The molecule has 0 saturated heterocycles. The van der Waals surface area contributed by atoms with Gasteiger partial charge < -0.3 is 58.0 Å². The molecule has 0 aliphatic carbocycles. The second kappa shape index (κ2) is 29.4. The fourth-order valence-electron chi connectivity index (χ4n) is 3.80. The first-order chi connectivity index (χ1) is 27.6. The molecule has 18 heteroatoms. The largest absolute Gasteiger partial charge is 0.491 e. The molecule has 0 fully saturated rings. The second-order valence-electron chi connectivity index (χ2n) is 12.5. The van der Waals surface area contributed by atoms with Crippen molar-refractivity contribution in [2.45, 2.75) is 52.7 Å². The van der Waals surface area contributed by atoms with Crippen LogP contribution in [0.25, 0.3) is 0 Å². The van der Waals surface area contributed by atoms with Crippen LogP contribution in [0.3, 0.4) is 0 Å². The molecule has 0 aliphatic heterocycles. The molecule has 0 radical (unpaired) electrons. The van der Waals surface area contributed by atoms with Gasteiger partial charge in [-0.2, -0.15) is 0 Å². The lowest BCUT2D eigenvalue weighted by atomic mass is 10.3. The SMILES string of the molecule is C=C(C)C(=O)OCCCNC(=O)OC(COCCOc1ccc(OCCOCC(COC(=O)C(=C)C)OC(=O)NCCCOC(=O)C(=C)C)cc1)COC(=O)C(=C)C. The molecule has 18 nitrogen and oxygen atoms in total. The molecule has 0 aromatic heterocycles. The van der Waals surface area contributed by atoms with E-state index in [-0.39, 0.29) is 101 Å². The Morgan fingerprint density at radius 2 is 0.810 bits per heavy atom. The van der Waals surface area contributed by atoms with Crippen molar-refractivity contribution in [2.24, 2.45) is 0 Å². The Morgan fingerprint density at radius 1 is 0.483 bits per heavy atom. The number of carbonyl (C=O) groups excluding carboxylic acids is 6. The van der Waals surface area contributed by atoms with Crippen LogP contribution in [0, 0.1) is 0 Å². The number of nitrogens with one attached hydrogen (secondary N) is 2. The van der Waals surface area contributed by atoms with Crippen molar-refractivity contribution < 1.29 is 76.1 Å². The van der Waals surface area contributed by atoms with Crippen LogP contribution in [0.4, 0.5) is 9.59 Å². The monoisotopic (exact) mass is 820 g/mol. The molecule has 0 saturated carbocycles. The van der Waals surface area contributed by atoms with Crippen molar-refractivity contribution in [2.75, 3.05) is 79.2 Å². The molecular weight excluding hydrogens is 764 g/mol. The van der Waals surface area contributed by atoms with E-state index in [1.165, 1.54) is 27.7 Å². The van der Waals surface area contributed by atoms with Gasteiger partial charge in [-0.25, -0.2) is 28.8 Å². The van der Waals surface area contributed by atoms with Crippen molar-refractivity contribution in [1.82, 2.24) is 10.6 Å². The van der Waals surface area contributed by atoms with Crippen molar-refractivity contribution in [1.29, 1.82) is 0 Å². The molecule has 322 valence electrons. The normalized spacial score (nSPS) is 11.4. The Kier molecular flexibility index (Phi) is 25.4. The summed E-state index contributed by atoms with van der Waals surface area (Å²) in [7, 11) is 0. The van der Waals surface area contributed by atoms with Gasteiger partial charge in [0.15, 0.2) is 12.2 Å². The van der Waals surface area contributed by atoms with E-state index in [0.29, 0.717) is 24.3 Å². The Morgan fingerprint density at radius 3 is 1.14 bits per heavy atom. The summed E-state index contributed by atoms with van der Waals surface area (Å²) in [6.07, 6.45) is -2.71. The average Bonchev–Trinajstić information content (AvgIpc) is 3.17. The van der Waals surface area contributed by atoms with Gasteiger partial charge in [-0.15, -0.1) is 0 Å². The van der Waals surface area contributed by atoms with Gasteiger partial charge in [-0.3, -0.25) is 0 Å². The van der Waals surface area contributed by atoms with E-state index < -0.39 is 48.3 Å². The molecule has 0 bridgehead atoms. The zero-order valence-electron chi connectivity index (χ0n) is 33.7. The predicted molar refractivity (Wildman–Crippen MR) is 208 cm³/mol. The molecule has 58 heavy (non-hydrogen) atoms. The Balaban J connectivity index is 2.45. The van der Waals surface area contributed by atoms with Gasteiger partial charge >= 0.3 is 36.1 Å². The number of hydrogen-bond donors (Lipinski definition) is 2. The zero-order valence-corrected chi connectivity index (χ0v) is 33.7. The minimum absolute atomic E-state index is 0.0850. The number of amides is 2. The van der Waals surface area contributed by atoms with E-state index in [1.54, 1.807) is 24.3 Å². The fourth-order valence-corrected chi connectivity index (χ4v) is 3.80. The fraction of sp³-hybridized carbons (Fsp3) is 0.500. The highest BCUT2D eigenvalue weighted by atomic mass is 16.6. The van der Waals surface area contributed by atoms with Crippen LogP contribution in [-0.4, -0.2) is 127 Å². The summed E-state index contributed by atoms with van der Waals surface area (Å²) in [6, 6.07) is 6.75. The van der Waals surface area contributed by atoms with Crippen LogP contribution in [0.15, 0.2) is 72.9 Å². The lowest BCUT2D eigenvalue weighted by molar-refractivity contribution is -0.144. The van der Waals surface area contributed by atoms with Crippen LogP contribution in [-0.2, 0) is 57.1 Å². The van der Waals surface area contributed by atoms with Crippen LogP contribution in [0.1, 0.15) is 40.5 Å². The number of carbonyl (C=O) groups is 6. The lowest BCUT2D eigenvalue weighted by Gasteiger charge is -2.19. The van der Waals surface area contributed by atoms with Crippen LogP contribution in [0.5, 0.6) is 11.5 Å². The quantitative estimate of drug-likeness (QED) is 0.0486. The number of rotatable bonds is 30. The van der Waals surface area contributed by atoms with E-state index in [2.05, 4.69) is 36.9 Å². The van der Waals surface area contributed by atoms with Crippen molar-refractivity contribution in [3.8, 4) is 11.5 Å². The molecule has 0 spiro atoms. The molecule has 0 aliphatic rings. The highest BCUT2D eigenvalue weighted by Crippen LogP contribution is 2.17. The van der Waals surface area contributed by atoms with E-state index in [1.807, 2.05) is 0 Å². The Bertz CT molecular complexity index is 1430. The van der Waals surface area contributed by atoms with Crippen LogP contribution < -0.4 is 20.1 Å². The van der Waals surface area contributed by atoms with Crippen molar-refractivity contribution in [3.05, 3.63) is 72.9 Å². The molecule has 1 rings (SSSR count). The number of hydrogen-bond acceptors (Lipinski definition) is 16. The van der Waals surface area contributed by atoms with Crippen molar-refractivity contribution in [3.63, 3.8) is 0 Å². The Hall–Kier alpha value is -5.88. The average molecular weight is 821 g/mol. The molecule has 2 N–H and O–H groups in total. The highest BCUT2D eigenvalue weighted by Gasteiger charge is 2.19. The molecule has 2 unspecified atom stereocenters. The third kappa shape index (κ3) is 24.6. The molecule has 1 aromatic carbocycles. The second-order valence-corrected chi connectivity index (χ2v) is 12.5. The first-order valence-electron chi connectivity index (χ1n) is 18.3. The van der Waals surface area contributed by atoms with Gasteiger partial charge in [-0.1, -0.05) is 26.3 Å². The van der Waals surface area contributed by atoms with Crippen molar-refractivity contribution >= 4 is 36.1 Å². The zero-order chi connectivity index (χ0) is 43.3.